The van der Waals surface area contributed by atoms with Crippen LogP contribution in [-0.4, -0.2) is 36.1 Å². The molecule has 5 nitrogen and oxygen atoms in total. The van der Waals surface area contributed by atoms with E-state index in [-0.39, 0.29) is 40.5 Å². The number of fused-ring (bicyclic) bond motifs is 5. The summed E-state index contributed by atoms with van der Waals surface area (Å²) in [5.74, 6) is 1.13. The van der Waals surface area contributed by atoms with Gasteiger partial charge in [0.05, 0.1) is 6.10 Å². The molecule has 25 heavy (non-hydrogen) atoms. The van der Waals surface area contributed by atoms with Gasteiger partial charge in [-0.15, -0.1) is 0 Å². The fraction of sp³-hybridized carbons (Fsp3) is 0.800. The van der Waals surface area contributed by atoms with Crippen LogP contribution >= 0.6 is 0 Å². The predicted molar refractivity (Wildman–Crippen MR) is 94.4 cm³/mol. The maximum Gasteiger partial charge on any atom is 0.243 e. The first-order chi connectivity index (χ1) is 11.8. The number of aliphatic hydroxyl groups is 1. The second-order valence-electron chi connectivity index (χ2n) is 9.14. The van der Waals surface area contributed by atoms with E-state index >= 15 is 0 Å². The first-order valence-corrected chi connectivity index (χ1v) is 9.70. The van der Waals surface area contributed by atoms with Gasteiger partial charge in [0.25, 0.3) is 0 Å². The lowest BCUT2D eigenvalue weighted by atomic mass is 9.47. The molecule has 4 rings (SSSR count). The van der Waals surface area contributed by atoms with Crippen LogP contribution in [0.15, 0.2) is 12.2 Å². The summed E-state index contributed by atoms with van der Waals surface area (Å²) in [4.78, 5) is 24.2. The predicted octanol–water partition coefficient (Wildman–Crippen LogP) is 1.62. The number of carbonyl (C=O) groups is 2. The molecule has 1 aliphatic heterocycles. The van der Waals surface area contributed by atoms with Crippen molar-refractivity contribution in [1.82, 2.24) is 10.6 Å². The molecule has 138 valence electrons. The minimum Gasteiger partial charge on any atom is -0.393 e. The number of amides is 2. The first-order valence-electron chi connectivity index (χ1n) is 9.70. The third-order valence-corrected chi connectivity index (χ3v) is 8.28. The zero-order valence-corrected chi connectivity index (χ0v) is 15.4. The van der Waals surface area contributed by atoms with Crippen LogP contribution in [0.25, 0.3) is 0 Å². The van der Waals surface area contributed by atoms with Crippen LogP contribution in [0.4, 0.5) is 0 Å². The maximum absolute atomic E-state index is 12.4. The van der Waals surface area contributed by atoms with Gasteiger partial charge in [-0.3, -0.25) is 9.59 Å². The third kappa shape index (κ3) is 2.24. The lowest BCUT2D eigenvalue weighted by Gasteiger charge is -2.60. The Morgan fingerprint density at radius 3 is 2.76 bits per heavy atom. The van der Waals surface area contributed by atoms with E-state index in [1.54, 1.807) is 13.1 Å². The summed E-state index contributed by atoms with van der Waals surface area (Å²) in [7, 11) is 1.72. The standard InChI is InChI=1S/C20H30N2O3/c1-19-8-6-12-17(11(19)4-5-13(19)18(25)21-3)14(23)10-15-20(12,2)9-7-16(24)22-15/h7,9,11-15,17,23H,4-6,8,10H2,1-3H3,(H,21,25)(H,22,24)/t11?,12?,13?,14-,15?,17?,19?,20?/m0/s1. The molecule has 0 bridgehead atoms. The van der Waals surface area contributed by atoms with Gasteiger partial charge in [-0.05, 0) is 61.3 Å². The molecule has 0 radical (unpaired) electrons. The van der Waals surface area contributed by atoms with Crippen molar-refractivity contribution in [2.75, 3.05) is 7.05 Å². The van der Waals surface area contributed by atoms with E-state index in [4.69, 9.17) is 0 Å². The molecule has 7 unspecified atom stereocenters. The Morgan fingerprint density at radius 2 is 2.04 bits per heavy atom. The molecule has 0 saturated heterocycles. The van der Waals surface area contributed by atoms with E-state index in [0.29, 0.717) is 18.3 Å². The molecule has 0 aromatic carbocycles. The Balaban J connectivity index is 1.69. The molecule has 0 aromatic rings. The minimum atomic E-state index is -0.400. The van der Waals surface area contributed by atoms with Gasteiger partial charge in [-0.25, -0.2) is 0 Å². The summed E-state index contributed by atoms with van der Waals surface area (Å²) in [6, 6.07) is 0.0155. The van der Waals surface area contributed by atoms with Crippen molar-refractivity contribution >= 4 is 11.8 Å². The average Bonchev–Trinajstić information content (AvgIpc) is 2.93. The number of rotatable bonds is 1. The quantitative estimate of drug-likeness (QED) is 0.675. The van der Waals surface area contributed by atoms with Crippen LogP contribution < -0.4 is 10.6 Å². The Bertz CT molecular complexity index is 632. The third-order valence-electron chi connectivity index (χ3n) is 8.28. The van der Waals surface area contributed by atoms with E-state index in [9.17, 15) is 14.7 Å². The van der Waals surface area contributed by atoms with Crippen LogP contribution in [0.5, 0.6) is 0 Å². The lowest BCUT2D eigenvalue weighted by Crippen LogP contribution is -2.63. The molecule has 5 heteroatoms. The Labute approximate surface area is 149 Å². The van der Waals surface area contributed by atoms with Gasteiger partial charge >= 0.3 is 0 Å². The van der Waals surface area contributed by atoms with Gasteiger partial charge in [0.1, 0.15) is 0 Å². The van der Waals surface area contributed by atoms with Gasteiger partial charge in [0.15, 0.2) is 0 Å². The molecule has 8 atom stereocenters. The zero-order valence-electron chi connectivity index (χ0n) is 15.4. The molecule has 0 spiro atoms. The first kappa shape index (κ1) is 17.1. The molecule has 4 aliphatic rings. The highest BCUT2D eigenvalue weighted by Gasteiger charge is 2.63. The Kier molecular flexibility index (Phi) is 3.80. The second kappa shape index (κ2) is 5.57. The average molecular weight is 346 g/mol. The summed E-state index contributed by atoms with van der Waals surface area (Å²) in [6.07, 6.45) is 7.94. The van der Waals surface area contributed by atoms with Crippen molar-refractivity contribution in [1.29, 1.82) is 0 Å². The molecular weight excluding hydrogens is 316 g/mol. The van der Waals surface area contributed by atoms with Crippen molar-refractivity contribution < 1.29 is 14.7 Å². The summed E-state index contributed by atoms with van der Waals surface area (Å²) in [6.45, 7) is 4.51. The summed E-state index contributed by atoms with van der Waals surface area (Å²) in [5.41, 5.74) is -0.114. The highest BCUT2D eigenvalue weighted by Crippen LogP contribution is 2.64. The highest BCUT2D eigenvalue weighted by atomic mass is 16.3. The maximum atomic E-state index is 12.4. The number of aliphatic hydroxyl groups excluding tert-OH is 1. The highest BCUT2D eigenvalue weighted by molar-refractivity contribution is 5.89. The van der Waals surface area contributed by atoms with Crippen LogP contribution in [0.1, 0.15) is 46.0 Å². The van der Waals surface area contributed by atoms with Crippen LogP contribution in [-0.2, 0) is 9.59 Å². The van der Waals surface area contributed by atoms with Crippen molar-refractivity contribution in [3.63, 3.8) is 0 Å². The topological polar surface area (TPSA) is 78.4 Å². The molecule has 3 fully saturated rings. The van der Waals surface area contributed by atoms with Crippen LogP contribution in [0.3, 0.4) is 0 Å². The van der Waals surface area contributed by atoms with Crippen molar-refractivity contribution in [2.45, 2.75) is 58.1 Å². The fourth-order valence-electron chi connectivity index (χ4n) is 6.90. The SMILES string of the molecule is CNC(=O)C1CCC2C3C(CCC12C)C1(C)C=CC(=O)NC1C[C@@H]3O. The van der Waals surface area contributed by atoms with Crippen molar-refractivity contribution in [2.24, 2.45) is 34.5 Å². The summed E-state index contributed by atoms with van der Waals surface area (Å²) in [5, 5.41) is 16.9. The monoisotopic (exact) mass is 346 g/mol. The summed E-state index contributed by atoms with van der Waals surface area (Å²) >= 11 is 0. The van der Waals surface area contributed by atoms with Crippen LogP contribution in [0, 0.1) is 34.5 Å². The van der Waals surface area contributed by atoms with E-state index in [2.05, 4.69) is 30.6 Å². The van der Waals surface area contributed by atoms with Gasteiger partial charge in [-0.2, -0.15) is 0 Å². The number of nitrogens with one attached hydrogen (secondary N) is 2. The van der Waals surface area contributed by atoms with Gasteiger partial charge in [0.2, 0.25) is 11.8 Å². The molecular formula is C20H30N2O3. The summed E-state index contributed by atoms with van der Waals surface area (Å²) < 4.78 is 0. The van der Waals surface area contributed by atoms with E-state index in [0.717, 1.165) is 25.7 Å². The Morgan fingerprint density at radius 1 is 1.28 bits per heavy atom. The molecule has 0 aromatic heterocycles. The van der Waals surface area contributed by atoms with Crippen molar-refractivity contribution in [3.8, 4) is 0 Å². The van der Waals surface area contributed by atoms with E-state index < -0.39 is 6.10 Å². The normalized spacial score (nSPS) is 51.1. The number of carbonyl (C=O) groups excluding carboxylic acids is 2. The molecule has 3 N–H and O–H groups in total. The Hall–Kier alpha value is -1.36. The minimum absolute atomic E-state index is 0.0155. The molecule has 3 saturated carbocycles. The molecule has 3 aliphatic carbocycles. The number of hydrogen-bond acceptors (Lipinski definition) is 3. The second-order valence-corrected chi connectivity index (χ2v) is 9.14. The van der Waals surface area contributed by atoms with Crippen molar-refractivity contribution in [3.05, 3.63) is 12.2 Å². The zero-order chi connectivity index (χ0) is 18.0. The van der Waals surface area contributed by atoms with Gasteiger partial charge in [0, 0.05) is 24.4 Å². The molecule has 1 heterocycles. The van der Waals surface area contributed by atoms with E-state index in [1.807, 2.05) is 0 Å². The fourth-order valence-corrected chi connectivity index (χ4v) is 6.90. The lowest BCUT2D eigenvalue weighted by molar-refractivity contribution is -0.145. The molecule has 2 amide bonds. The van der Waals surface area contributed by atoms with Gasteiger partial charge < -0.3 is 15.7 Å². The van der Waals surface area contributed by atoms with Crippen LogP contribution in [0.2, 0.25) is 0 Å². The van der Waals surface area contributed by atoms with E-state index in [1.165, 1.54) is 0 Å². The smallest absolute Gasteiger partial charge is 0.243 e. The number of hydrogen-bond donors (Lipinski definition) is 3. The largest absolute Gasteiger partial charge is 0.393 e. The van der Waals surface area contributed by atoms with Gasteiger partial charge in [-0.1, -0.05) is 19.9 Å².